The van der Waals surface area contributed by atoms with Crippen LogP contribution in [-0.4, -0.2) is 24.5 Å². The summed E-state index contributed by atoms with van der Waals surface area (Å²) in [6, 6.07) is 0.280. The van der Waals surface area contributed by atoms with Gasteiger partial charge in [-0.15, -0.1) is 0 Å². The maximum Gasteiger partial charge on any atom is 0.158 e. The molecule has 3 heteroatoms. The van der Waals surface area contributed by atoms with E-state index in [2.05, 4.69) is 31.2 Å². The Morgan fingerprint density at radius 1 is 0.741 bits per heavy atom. The van der Waals surface area contributed by atoms with Gasteiger partial charge in [0.25, 0.3) is 0 Å². The van der Waals surface area contributed by atoms with Crippen LogP contribution < -0.4 is 5.73 Å². The van der Waals surface area contributed by atoms with Crippen LogP contribution in [0.15, 0.2) is 24.3 Å². The number of nitrogens with two attached hydrogens (primary N) is 1. The van der Waals surface area contributed by atoms with Crippen molar-refractivity contribution < 1.29 is 9.47 Å². The Morgan fingerprint density at radius 3 is 1.93 bits per heavy atom. The minimum absolute atomic E-state index is 0.0401. The summed E-state index contributed by atoms with van der Waals surface area (Å²) >= 11 is 0. The van der Waals surface area contributed by atoms with Gasteiger partial charge in [0.1, 0.15) is 0 Å². The zero-order valence-corrected chi connectivity index (χ0v) is 17.6. The second-order valence-corrected chi connectivity index (χ2v) is 8.38. The number of allylic oxidation sites excluding steroid dienone is 4. The molecule has 0 amide bonds. The standard InChI is InChI=1S/C24H43NO2/c1-2-3-4-5-6-7-8-9-10-11-12-13-14-15-16-17-18-24-26-22-19-21(25)20-23(22)27-24/h6-7,9-10,21-24H,2-5,8,11-20,25H2,1H3. The number of rotatable bonds is 15. The van der Waals surface area contributed by atoms with Crippen molar-refractivity contribution in [2.45, 2.75) is 128 Å². The third-order valence-electron chi connectivity index (χ3n) is 5.78. The summed E-state index contributed by atoms with van der Waals surface area (Å²) in [5.74, 6) is 0. The fourth-order valence-corrected chi connectivity index (χ4v) is 4.14. The molecule has 0 bridgehead atoms. The zero-order chi connectivity index (χ0) is 19.2. The smallest absolute Gasteiger partial charge is 0.158 e. The summed E-state index contributed by atoms with van der Waals surface area (Å²) < 4.78 is 11.9. The molecule has 2 rings (SSSR count). The van der Waals surface area contributed by atoms with Crippen LogP contribution in [0, 0.1) is 0 Å². The van der Waals surface area contributed by atoms with Gasteiger partial charge in [-0.05, 0) is 57.8 Å². The number of hydrogen-bond acceptors (Lipinski definition) is 3. The summed E-state index contributed by atoms with van der Waals surface area (Å²) in [4.78, 5) is 0. The highest BCUT2D eigenvalue weighted by Gasteiger charge is 2.42. The SMILES string of the molecule is CCCCCC=CCC=CCCCCCCCCC1OC2CC(N)CC2O1. The Morgan fingerprint density at radius 2 is 1.30 bits per heavy atom. The molecule has 3 nitrogen and oxygen atoms in total. The van der Waals surface area contributed by atoms with E-state index in [4.69, 9.17) is 15.2 Å². The van der Waals surface area contributed by atoms with Crippen LogP contribution in [0.1, 0.15) is 103 Å². The molecule has 0 aromatic heterocycles. The topological polar surface area (TPSA) is 44.5 Å². The van der Waals surface area contributed by atoms with Gasteiger partial charge >= 0.3 is 0 Å². The molecule has 0 aromatic carbocycles. The molecular weight excluding hydrogens is 334 g/mol. The molecule has 2 unspecified atom stereocenters. The molecule has 1 saturated heterocycles. The van der Waals surface area contributed by atoms with E-state index in [1.165, 1.54) is 70.6 Å². The molecule has 1 aliphatic heterocycles. The predicted molar refractivity (Wildman–Crippen MR) is 115 cm³/mol. The van der Waals surface area contributed by atoms with Crippen LogP contribution >= 0.6 is 0 Å². The van der Waals surface area contributed by atoms with E-state index in [1.54, 1.807) is 0 Å². The number of hydrogen-bond donors (Lipinski definition) is 1. The average molecular weight is 378 g/mol. The highest BCUT2D eigenvalue weighted by Crippen LogP contribution is 2.33. The summed E-state index contributed by atoms with van der Waals surface area (Å²) in [5, 5.41) is 0. The Labute approximate surface area is 167 Å². The summed E-state index contributed by atoms with van der Waals surface area (Å²) in [6.07, 6.45) is 28.4. The Balaban J connectivity index is 1.31. The van der Waals surface area contributed by atoms with Crippen LogP contribution in [0.3, 0.4) is 0 Å². The summed E-state index contributed by atoms with van der Waals surface area (Å²) in [5.41, 5.74) is 5.94. The average Bonchev–Trinajstić information content (AvgIpc) is 3.18. The lowest BCUT2D eigenvalue weighted by Crippen LogP contribution is -2.20. The van der Waals surface area contributed by atoms with Gasteiger partial charge in [-0.3, -0.25) is 0 Å². The van der Waals surface area contributed by atoms with E-state index in [-0.39, 0.29) is 24.5 Å². The lowest BCUT2D eigenvalue weighted by Gasteiger charge is -2.12. The van der Waals surface area contributed by atoms with Gasteiger partial charge in [-0.25, -0.2) is 0 Å². The van der Waals surface area contributed by atoms with Crippen molar-refractivity contribution in [3.05, 3.63) is 24.3 Å². The monoisotopic (exact) mass is 377 g/mol. The van der Waals surface area contributed by atoms with Crippen molar-refractivity contribution in [3.8, 4) is 0 Å². The molecule has 27 heavy (non-hydrogen) atoms. The third-order valence-corrected chi connectivity index (χ3v) is 5.78. The van der Waals surface area contributed by atoms with Crippen LogP contribution in [0.5, 0.6) is 0 Å². The highest BCUT2D eigenvalue weighted by molar-refractivity contribution is 4.93. The summed E-state index contributed by atoms with van der Waals surface area (Å²) in [6.45, 7) is 2.26. The number of ether oxygens (including phenoxy) is 2. The van der Waals surface area contributed by atoms with Gasteiger partial charge in [-0.2, -0.15) is 0 Å². The van der Waals surface area contributed by atoms with Gasteiger partial charge < -0.3 is 15.2 Å². The molecule has 1 heterocycles. The normalized spacial score (nSPS) is 27.9. The third kappa shape index (κ3) is 9.91. The molecule has 0 aromatic rings. The number of unbranched alkanes of at least 4 members (excludes halogenated alkanes) is 9. The van der Waals surface area contributed by atoms with E-state index in [0.717, 1.165) is 25.7 Å². The maximum absolute atomic E-state index is 5.97. The van der Waals surface area contributed by atoms with Crippen LogP contribution in [0.4, 0.5) is 0 Å². The lowest BCUT2D eigenvalue weighted by atomic mass is 10.1. The Hall–Kier alpha value is -0.640. The highest BCUT2D eigenvalue weighted by atomic mass is 16.7. The zero-order valence-electron chi connectivity index (χ0n) is 17.6. The molecule has 2 N–H and O–H groups in total. The maximum atomic E-state index is 5.97. The van der Waals surface area contributed by atoms with E-state index in [0.29, 0.717) is 0 Å². The second kappa shape index (κ2) is 14.4. The van der Waals surface area contributed by atoms with Crippen molar-refractivity contribution in [2.75, 3.05) is 0 Å². The molecule has 1 saturated carbocycles. The van der Waals surface area contributed by atoms with Crippen molar-refractivity contribution >= 4 is 0 Å². The first kappa shape index (κ1) is 22.6. The van der Waals surface area contributed by atoms with Crippen molar-refractivity contribution in [3.63, 3.8) is 0 Å². The molecular formula is C24H43NO2. The van der Waals surface area contributed by atoms with Crippen molar-refractivity contribution in [1.29, 1.82) is 0 Å². The molecule has 156 valence electrons. The Kier molecular flexibility index (Phi) is 12.1. The van der Waals surface area contributed by atoms with Gasteiger partial charge in [0, 0.05) is 6.04 Å². The quantitative estimate of drug-likeness (QED) is 0.264. The first-order chi connectivity index (χ1) is 13.3. The van der Waals surface area contributed by atoms with Crippen LogP contribution in [0.25, 0.3) is 0 Å². The van der Waals surface area contributed by atoms with E-state index in [1.807, 2.05) is 0 Å². The molecule has 2 aliphatic rings. The van der Waals surface area contributed by atoms with E-state index >= 15 is 0 Å². The molecule has 0 radical (unpaired) electrons. The van der Waals surface area contributed by atoms with Gasteiger partial charge in [0.15, 0.2) is 6.29 Å². The van der Waals surface area contributed by atoms with Crippen LogP contribution in [-0.2, 0) is 9.47 Å². The fraction of sp³-hybridized carbons (Fsp3) is 0.833. The first-order valence-electron chi connectivity index (χ1n) is 11.7. The van der Waals surface area contributed by atoms with E-state index in [9.17, 15) is 0 Å². The van der Waals surface area contributed by atoms with Crippen LogP contribution in [0.2, 0.25) is 0 Å². The first-order valence-corrected chi connectivity index (χ1v) is 11.7. The van der Waals surface area contributed by atoms with Crippen molar-refractivity contribution in [2.24, 2.45) is 5.73 Å². The molecule has 2 fully saturated rings. The largest absolute Gasteiger partial charge is 0.347 e. The lowest BCUT2D eigenvalue weighted by molar-refractivity contribution is -0.0787. The van der Waals surface area contributed by atoms with Crippen molar-refractivity contribution in [1.82, 2.24) is 0 Å². The number of fused-ring (bicyclic) bond motifs is 1. The predicted octanol–water partition coefficient (Wildman–Crippen LogP) is 6.42. The van der Waals surface area contributed by atoms with E-state index < -0.39 is 0 Å². The summed E-state index contributed by atoms with van der Waals surface area (Å²) in [7, 11) is 0. The molecule has 2 atom stereocenters. The van der Waals surface area contributed by atoms with Gasteiger partial charge in [-0.1, -0.05) is 69.8 Å². The second-order valence-electron chi connectivity index (χ2n) is 8.38. The fourth-order valence-electron chi connectivity index (χ4n) is 4.14. The van der Waals surface area contributed by atoms with Gasteiger partial charge in [0.2, 0.25) is 0 Å². The molecule has 0 spiro atoms. The van der Waals surface area contributed by atoms with Gasteiger partial charge in [0.05, 0.1) is 12.2 Å². The molecule has 1 aliphatic carbocycles. The Bertz CT molecular complexity index is 407. The minimum atomic E-state index is 0.0401. The minimum Gasteiger partial charge on any atom is -0.347 e.